The van der Waals surface area contributed by atoms with Gasteiger partial charge in [0.05, 0.1) is 4.90 Å². The molecule has 26 heavy (non-hydrogen) atoms. The number of carbonyl (C=O) groups is 1. The van der Waals surface area contributed by atoms with Gasteiger partial charge >= 0.3 is 0 Å². The zero-order valence-electron chi connectivity index (χ0n) is 14.9. The minimum absolute atomic E-state index is 0.224. The summed E-state index contributed by atoms with van der Waals surface area (Å²) in [7, 11) is -2.16. The fourth-order valence-electron chi connectivity index (χ4n) is 3.44. The Kier molecular flexibility index (Phi) is 5.61. The molecule has 2 aromatic rings. The van der Waals surface area contributed by atoms with Gasteiger partial charge < -0.3 is 5.32 Å². The molecule has 0 aromatic heterocycles. The van der Waals surface area contributed by atoms with Crippen LogP contribution in [0.4, 0.5) is 5.69 Å². The number of anilines is 1. The van der Waals surface area contributed by atoms with E-state index in [4.69, 9.17) is 0 Å². The molecule has 0 unspecified atom stereocenters. The second-order valence-electron chi connectivity index (χ2n) is 6.67. The molecule has 0 heterocycles. The summed E-state index contributed by atoms with van der Waals surface area (Å²) in [5.74, 6) is 0.278. The molecule has 1 amide bonds. The molecule has 2 aromatic carbocycles. The van der Waals surface area contributed by atoms with Crippen molar-refractivity contribution in [3.8, 4) is 0 Å². The number of amides is 1. The van der Waals surface area contributed by atoms with E-state index in [0.29, 0.717) is 17.2 Å². The Morgan fingerprint density at radius 2 is 1.69 bits per heavy atom. The highest BCUT2D eigenvalue weighted by Crippen LogP contribution is 2.33. The van der Waals surface area contributed by atoms with Crippen LogP contribution in [0.25, 0.3) is 0 Å². The number of nitrogens with one attached hydrogen (secondary N) is 2. The van der Waals surface area contributed by atoms with E-state index in [1.807, 2.05) is 12.1 Å². The van der Waals surface area contributed by atoms with Gasteiger partial charge in [-0.3, -0.25) is 9.52 Å². The van der Waals surface area contributed by atoms with Gasteiger partial charge in [0.25, 0.3) is 15.9 Å². The van der Waals surface area contributed by atoms with Crippen molar-refractivity contribution in [2.24, 2.45) is 0 Å². The van der Waals surface area contributed by atoms with Gasteiger partial charge in [-0.25, -0.2) is 8.42 Å². The van der Waals surface area contributed by atoms with Crippen LogP contribution < -0.4 is 10.0 Å². The molecule has 0 aliphatic heterocycles. The van der Waals surface area contributed by atoms with Gasteiger partial charge in [-0.2, -0.15) is 0 Å². The first-order chi connectivity index (χ1) is 12.5. The molecule has 5 nitrogen and oxygen atoms in total. The van der Waals surface area contributed by atoms with Gasteiger partial charge in [0.15, 0.2) is 0 Å². The van der Waals surface area contributed by atoms with E-state index in [0.717, 1.165) is 0 Å². The van der Waals surface area contributed by atoms with Crippen LogP contribution in [-0.4, -0.2) is 21.4 Å². The number of carbonyl (C=O) groups excluding carboxylic acids is 1. The first kappa shape index (κ1) is 18.5. The molecule has 0 saturated heterocycles. The largest absolute Gasteiger partial charge is 0.355 e. The van der Waals surface area contributed by atoms with Gasteiger partial charge in [-0.1, -0.05) is 37.5 Å². The molecule has 2 N–H and O–H groups in total. The van der Waals surface area contributed by atoms with E-state index < -0.39 is 10.0 Å². The number of benzene rings is 2. The summed E-state index contributed by atoms with van der Waals surface area (Å²) in [5, 5.41) is 2.52. The topological polar surface area (TPSA) is 75.3 Å². The monoisotopic (exact) mass is 372 g/mol. The van der Waals surface area contributed by atoms with E-state index >= 15 is 0 Å². The van der Waals surface area contributed by atoms with Crippen LogP contribution in [0, 0.1) is 0 Å². The molecule has 6 heteroatoms. The predicted molar refractivity (Wildman–Crippen MR) is 103 cm³/mol. The summed E-state index contributed by atoms with van der Waals surface area (Å²) in [6, 6.07) is 13.6. The summed E-state index contributed by atoms with van der Waals surface area (Å²) in [6.07, 6.45) is 6.14. The first-order valence-corrected chi connectivity index (χ1v) is 10.4. The van der Waals surface area contributed by atoms with Crippen LogP contribution in [-0.2, 0) is 10.0 Å². The first-order valence-electron chi connectivity index (χ1n) is 8.94. The molecule has 0 spiro atoms. The van der Waals surface area contributed by atoms with Crippen molar-refractivity contribution < 1.29 is 13.2 Å². The Morgan fingerprint density at radius 1 is 1.00 bits per heavy atom. The van der Waals surface area contributed by atoms with Crippen molar-refractivity contribution in [1.82, 2.24) is 5.32 Å². The van der Waals surface area contributed by atoms with Gasteiger partial charge in [0.2, 0.25) is 0 Å². The Hall–Kier alpha value is -2.34. The van der Waals surface area contributed by atoms with Gasteiger partial charge in [0, 0.05) is 18.3 Å². The van der Waals surface area contributed by atoms with Crippen LogP contribution in [0.15, 0.2) is 53.4 Å². The lowest BCUT2D eigenvalue weighted by Crippen LogP contribution is -2.18. The fraction of sp³-hybridized carbons (Fsp3) is 0.350. The Morgan fingerprint density at radius 3 is 2.35 bits per heavy atom. The van der Waals surface area contributed by atoms with Gasteiger partial charge in [-0.05, 0) is 54.7 Å². The molecule has 0 bridgehead atoms. The minimum Gasteiger partial charge on any atom is -0.355 e. The average Bonchev–Trinajstić information content (AvgIpc) is 2.68. The van der Waals surface area contributed by atoms with Crippen LogP contribution in [0.1, 0.15) is 53.9 Å². The zero-order valence-corrected chi connectivity index (χ0v) is 15.7. The molecular weight excluding hydrogens is 348 g/mol. The van der Waals surface area contributed by atoms with Crippen LogP contribution in [0.3, 0.4) is 0 Å². The summed E-state index contributed by atoms with van der Waals surface area (Å²) < 4.78 is 27.8. The lowest BCUT2D eigenvalue weighted by atomic mass is 9.84. The van der Waals surface area contributed by atoms with E-state index in [-0.39, 0.29) is 10.8 Å². The van der Waals surface area contributed by atoms with Gasteiger partial charge in [-0.15, -0.1) is 0 Å². The average molecular weight is 372 g/mol. The SMILES string of the molecule is CNC(=O)c1cccc(NS(=O)(=O)c2ccc(C3CCCCC3)cc2)c1. The third-order valence-electron chi connectivity index (χ3n) is 4.87. The maximum Gasteiger partial charge on any atom is 0.261 e. The zero-order chi connectivity index (χ0) is 18.6. The third-order valence-corrected chi connectivity index (χ3v) is 6.27. The molecule has 1 saturated carbocycles. The van der Waals surface area contributed by atoms with Crippen LogP contribution >= 0.6 is 0 Å². The molecule has 138 valence electrons. The van der Waals surface area contributed by atoms with Crippen molar-refractivity contribution in [3.63, 3.8) is 0 Å². The van der Waals surface area contributed by atoms with E-state index in [2.05, 4.69) is 10.0 Å². The molecule has 0 radical (unpaired) electrons. The van der Waals surface area contributed by atoms with Crippen LogP contribution in [0.2, 0.25) is 0 Å². The standard InChI is InChI=1S/C20H24N2O3S/c1-21-20(23)17-8-5-9-18(14-17)22-26(24,25)19-12-10-16(11-13-19)15-6-3-2-4-7-15/h5,8-15,22H,2-4,6-7H2,1H3,(H,21,23). The third kappa shape index (κ3) is 4.25. The van der Waals surface area contributed by atoms with E-state index in [1.165, 1.54) is 50.8 Å². The van der Waals surface area contributed by atoms with E-state index in [9.17, 15) is 13.2 Å². The smallest absolute Gasteiger partial charge is 0.261 e. The number of sulfonamides is 1. The van der Waals surface area contributed by atoms with Crippen LogP contribution in [0.5, 0.6) is 0 Å². The van der Waals surface area contributed by atoms with Crippen molar-refractivity contribution in [1.29, 1.82) is 0 Å². The summed E-state index contributed by atoms with van der Waals surface area (Å²) in [5.41, 5.74) is 1.98. The number of hydrogen-bond donors (Lipinski definition) is 2. The van der Waals surface area contributed by atoms with Gasteiger partial charge in [0.1, 0.15) is 0 Å². The lowest BCUT2D eigenvalue weighted by Gasteiger charge is -2.22. The maximum absolute atomic E-state index is 12.6. The normalized spacial score (nSPS) is 15.4. The number of rotatable bonds is 5. The highest BCUT2D eigenvalue weighted by atomic mass is 32.2. The molecular formula is C20H24N2O3S. The van der Waals surface area contributed by atoms with Crippen molar-refractivity contribution >= 4 is 21.6 Å². The quantitative estimate of drug-likeness (QED) is 0.836. The minimum atomic E-state index is -3.69. The maximum atomic E-state index is 12.6. The summed E-state index contributed by atoms with van der Waals surface area (Å²) in [6.45, 7) is 0. The summed E-state index contributed by atoms with van der Waals surface area (Å²) >= 11 is 0. The van der Waals surface area contributed by atoms with Crippen molar-refractivity contribution in [2.75, 3.05) is 11.8 Å². The molecule has 1 fully saturated rings. The van der Waals surface area contributed by atoms with Crippen molar-refractivity contribution in [2.45, 2.75) is 42.9 Å². The fourth-order valence-corrected chi connectivity index (χ4v) is 4.49. The predicted octanol–water partition coefficient (Wildman–Crippen LogP) is 3.89. The molecule has 3 rings (SSSR count). The molecule has 1 aliphatic rings. The highest BCUT2D eigenvalue weighted by Gasteiger charge is 2.18. The van der Waals surface area contributed by atoms with Crippen molar-refractivity contribution in [3.05, 3.63) is 59.7 Å². The summed E-state index contributed by atoms with van der Waals surface area (Å²) in [4.78, 5) is 11.9. The Labute approximate surface area is 154 Å². The highest BCUT2D eigenvalue weighted by molar-refractivity contribution is 7.92. The second-order valence-corrected chi connectivity index (χ2v) is 8.35. The lowest BCUT2D eigenvalue weighted by molar-refractivity contribution is 0.0963. The Bertz CT molecular complexity index is 870. The number of hydrogen-bond acceptors (Lipinski definition) is 3. The molecule has 0 atom stereocenters. The Balaban J connectivity index is 1.76. The second kappa shape index (κ2) is 7.91. The van der Waals surface area contributed by atoms with E-state index in [1.54, 1.807) is 30.3 Å². The molecule has 1 aliphatic carbocycles.